The molecule has 0 bridgehead atoms. The van der Waals surface area contributed by atoms with Gasteiger partial charge in [0.2, 0.25) is 0 Å². The fourth-order valence-corrected chi connectivity index (χ4v) is 2.81. The monoisotopic (exact) mass is 364 g/mol. The summed E-state index contributed by atoms with van der Waals surface area (Å²) in [5, 5.41) is 15.9. The Hall–Kier alpha value is -3.45. The zero-order chi connectivity index (χ0) is 19.4. The van der Waals surface area contributed by atoms with Gasteiger partial charge in [-0.05, 0) is 43.7 Å². The van der Waals surface area contributed by atoms with Crippen LogP contribution in [0, 0.1) is 6.92 Å². The number of hydrogen-bond acceptors (Lipinski definition) is 4. The highest BCUT2D eigenvalue weighted by molar-refractivity contribution is 5.95. The van der Waals surface area contributed by atoms with Gasteiger partial charge >= 0.3 is 0 Å². The van der Waals surface area contributed by atoms with Crippen LogP contribution in [-0.4, -0.2) is 26.8 Å². The number of carbonyl (C=O) groups excluding carboxylic acids is 2. The van der Waals surface area contributed by atoms with Gasteiger partial charge in [0.05, 0.1) is 29.2 Å². The Balaban J connectivity index is 1.74. The molecular weight excluding hydrogens is 344 g/mol. The first kappa shape index (κ1) is 18.3. The molecule has 1 atom stereocenters. The van der Waals surface area contributed by atoms with Crippen LogP contribution in [0.15, 0.2) is 60.8 Å². The quantitative estimate of drug-likeness (QED) is 0.479. The van der Waals surface area contributed by atoms with E-state index < -0.39 is 5.91 Å². The van der Waals surface area contributed by atoms with Crippen LogP contribution in [-0.2, 0) is 0 Å². The molecule has 27 heavy (non-hydrogen) atoms. The maximum absolute atomic E-state index is 12.7. The van der Waals surface area contributed by atoms with Gasteiger partial charge in [-0.3, -0.25) is 14.8 Å². The summed E-state index contributed by atoms with van der Waals surface area (Å²) in [5.41, 5.74) is 4.90. The molecule has 7 heteroatoms. The Morgan fingerprint density at radius 2 is 1.70 bits per heavy atom. The maximum Gasteiger partial charge on any atom is 0.274 e. The van der Waals surface area contributed by atoms with Crippen LogP contribution >= 0.6 is 0 Å². The van der Waals surface area contributed by atoms with Gasteiger partial charge in [0.1, 0.15) is 0 Å². The fraction of sp³-hybridized carbons (Fsp3) is 0.150. The molecule has 0 radical (unpaired) electrons. The zero-order valence-corrected chi connectivity index (χ0v) is 15.0. The summed E-state index contributed by atoms with van der Waals surface area (Å²) in [7, 11) is 0. The van der Waals surface area contributed by atoms with Crippen LogP contribution in [0.1, 0.15) is 44.9 Å². The Morgan fingerprint density at radius 1 is 1.04 bits per heavy atom. The van der Waals surface area contributed by atoms with Crippen molar-refractivity contribution in [3.63, 3.8) is 0 Å². The molecule has 138 valence electrons. The van der Waals surface area contributed by atoms with Crippen LogP contribution in [0.25, 0.3) is 5.69 Å². The molecule has 7 nitrogen and oxygen atoms in total. The van der Waals surface area contributed by atoms with Crippen molar-refractivity contribution in [3.05, 3.63) is 83.2 Å². The van der Waals surface area contributed by atoms with E-state index in [2.05, 4.69) is 10.4 Å². The fourth-order valence-electron chi connectivity index (χ4n) is 2.81. The molecule has 1 aromatic heterocycles. The molecule has 3 N–H and O–H groups in total. The Morgan fingerprint density at radius 3 is 2.33 bits per heavy atom. The van der Waals surface area contributed by atoms with E-state index in [1.54, 1.807) is 40.6 Å². The number of hydroxylamine groups is 1. The first-order chi connectivity index (χ1) is 13.0. The second-order valence-electron chi connectivity index (χ2n) is 6.15. The Labute approximate surface area is 156 Å². The van der Waals surface area contributed by atoms with Crippen molar-refractivity contribution in [3.8, 4) is 5.69 Å². The first-order valence-electron chi connectivity index (χ1n) is 8.46. The lowest BCUT2D eigenvalue weighted by Gasteiger charge is -2.14. The summed E-state index contributed by atoms with van der Waals surface area (Å²) in [4.78, 5) is 24.0. The van der Waals surface area contributed by atoms with E-state index in [4.69, 9.17) is 5.21 Å². The molecule has 0 saturated heterocycles. The number of rotatable bonds is 5. The summed E-state index contributed by atoms with van der Waals surface area (Å²) < 4.78 is 1.72. The van der Waals surface area contributed by atoms with E-state index in [0.717, 1.165) is 16.9 Å². The molecule has 1 heterocycles. The van der Waals surface area contributed by atoms with Crippen molar-refractivity contribution >= 4 is 11.8 Å². The Bertz CT molecular complexity index is 949. The highest BCUT2D eigenvalue weighted by Gasteiger charge is 2.18. The summed E-state index contributed by atoms with van der Waals surface area (Å²) in [6.07, 6.45) is 1.55. The average molecular weight is 364 g/mol. The van der Waals surface area contributed by atoms with Crippen molar-refractivity contribution < 1.29 is 14.8 Å². The number of nitrogens with zero attached hydrogens (tertiary/aromatic N) is 2. The number of nitrogens with one attached hydrogen (secondary N) is 2. The van der Waals surface area contributed by atoms with Gasteiger partial charge < -0.3 is 5.32 Å². The molecule has 3 aromatic rings. The second-order valence-corrected chi connectivity index (χ2v) is 6.15. The van der Waals surface area contributed by atoms with Gasteiger partial charge in [0.25, 0.3) is 11.8 Å². The number of benzene rings is 2. The van der Waals surface area contributed by atoms with Gasteiger partial charge in [-0.1, -0.05) is 30.3 Å². The summed E-state index contributed by atoms with van der Waals surface area (Å²) in [5.74, 6) is -0.804. The number of carbonyl (C=O) groups is 2. The second kappa shape index (κ2) is 7.84. The van der Waals surface area contributed by atoms with Gasteiger partial charge in [0.15, 0.2) is 0 Å². The van der Waals surface area contributed by atoms with Crippen LogP contribution in [0.4, 0.5) is 0 Å². The number of hydrogen-bond donors (Lipinski definition) is 3. The van der Waals surface area contributed by atoms with Crippen LogP contribution in [0.3, 0.4) is 0 Å². The van der Waals surface area contributed by atoms with Gasteiger partial charge in [-0.25, -0.2) is 10.2 Å². The predicted octanol–water partition coefficient (Wildman–Crippen LogP) is 2.79. The minimum atomic E-state index is -0.581. The SMILES string of the molecule is Cc1c(C(=O)NC(C)c2ccc(C(=O)NO)cc2)cnn1-c1ccccc1. The number of para-hydroxylation sites is 1. The first-order valence-corrected chi connectivity index (χ1v) is 8.46. The molecule has 1 unspecified atom stereocenters. The third kappa shape index (κ3) is 3.88. The van der Waals surface area contributed by atoms with Crippen molar-refractivity contribution in [1.82, 2.24) is 20.6 Å². The summed E-state index contributed by atoms with van der Waals surface area (Å²) >= 11 is 0. The predicted molar refractivity (Wildman–Crippen MR) is 99.9 cm³/mol. The van der Waals surface area contributed by atoms with Crippen LogP contribution in [0.5, 0.6) is 0 Å². The minimum absolute atomic E-state index is 0.223. The van der Waals surface area contributed by atoms with Crippen molar-refractivity contribution in [1.29, 1.82) is 0 Å². The Kier molecular flexibility index (Phi) is 5.33. The molecule has 3 rings (SSSR count). The normalized spacial score (nSPS) is 11.7. The lowest BCUT2D eigenvalue weighted by molar-refractivity contribution is 0.0706. The van der Waals surface area contributed by atoms with E-state index in [-0.39, 0.29) is 11.9 Å². The molecule has 0 saturated carbocycles. The zero-order valence-electron chi connectivity index (χ0n) is 15.0. The molecule has 0 aliphatic rings. The highest BCUT2D eigenvalue weighted by Crippen LogP contribution is 2.17. The molecule has 0 aliphatic heterocycles. The third-order valence-electron chi connectivity index (χ3n) is 4.38. The maximum atomic E-state index is 12.7. The molecule has 0 aliphatic carbocycles. The van der Waals surface area contributed by atoms with Crippen molar-refractivity contribution in [2.45, 2.75) is 19.9 Å². The minimum Gasteiger partial charge on any atom is -0.345 e. The average Bonchev–Trinajstić information content (AvgIpc) is 3.09. The summed E-state index contributed by atoms with van der Waals surface area (Å²) in [6.45, 7) is 3.71. The van der Waals surface area contributed by atoms with Gasteiger partial charge in [0, 0.05) is 5.56 Å². The number of aromatic nitrogens is 2. The van der Waals surface area contributed by atoms with Crippen molar-refractivity contribution in [2.24, 2.45) is 0 Å². The summed E-state index contributed by atoms with van der Waals surface area (Å²) in [6, 6.07) is 16.0. The largest absolute Gasteiger partial charge is 0.345 e. The number of amides is 2. The molecule has 0 fully saturated rings. The van der Waals surface area contributed by atoms with Crippen LogP contribution < -0.4 is 10.8 Å². The van der Waals surface area contributed by atoms with E-state index in [0.29, 0.717) is 11.1 Å². The topological polar surface area (TPSA) is 96.2 Å². The smallest absolute Gasteiger partial charge is 0.274 e. The highest BCUT2D eigenvalue weighted by atomic mass is 16.5. The lowest BCUT2D eigenvalue weighted by atomic mass is 10.1. The molecule has 2 amide bonds. The molecular formula is C20H20N4O3. The van der Waals surface area contributed by atoms with E-state index in [1.165, 1.54) is 0 Å². The van der Waals surface area contributed by atoms with Gasteiger partial charge in [-0.2, -0.15) is 5.10 Å². The van der Waals surface area contributed by atoms with E-state index >= 15 is 0 Å². The van der Waals surface area contributed by atoms with E-state index in [1.807, 2.05) is 44.2 Å². The third-order valence-corrected chi connectivity index (χ3v) is 4.38. The molecule has 2 aromatic carbocycles. The standard InChI is InChI=1S/C20H20N4O3/c1-13(15-8-10-16(11-9-15)19(25)23-27)22-20(26)18-12-21-24(14(18)2)17-6-4-3-5-7-17/h3-13,27H,1-2H3,(H,22,26)(H,23,25). The van der Waals surface area contributed by atoms with Gasteiger partial charge in [-0.15, -0.1) is 0 Å². The molecule has 0 spiro atoms. The van der Waals surface area contributed by atoms with Crippen LogP contribution in [0.2, 0.25) is 0 Å². The lowest BCUT2D eigenvalue weighted by Crippen LogP contribution is -2.27. The van der Waals surface area contributed by atoms with Crippen molar-refractivity contribution in [2.75, 3.05) is 0 Å². The van der Waals surface area contributed by atoms with E-state index in [9.17, 15) is 9.59 Å².